The Morgan fingerprint density at radius 3 is 2.14 bits per heavy atom. The molecule has 0 aliphatic heterocycles. The quantitative estimate of drug-likeness (QED) is 0.496. The summed E-state index contributed by atoms with van der Waals surface area (Å²) >= 11 is 0. The van der Waals surface area contributed by atoms with Crippen molar-refractivity contribution in [3.8, 4) is 17.4 Å². The molecule has 0 aliphatic carbocycles. The van der Waals surface area contributed by atoms with Crippen molar-refractivity contribution in [2.24, 2.45) is 0 Å². The molecule has 0 spiro atoms. The van der Waals surface area contributed by atoms with Gasteiger partial charge in [0.05, 0.1) is 7.11 Å². The van der Waals surface area contributed by atoms with E-state index in [-0.39, 0.29) is 5.60 Å². The van der Waals surface area contributed by atoms with E-state index in [0.717, 1.165) is 28.2 Å². The lowest BCUT2D eigenvalue weighted by molar-refractivity contribution is 0.131. The summed E-state index contributed by atoms with van der Waals surface area (Å²) in [5, 5.41) is 0. The summed E-state index contributed by atoms with van der Waals surface area (Å²) in [4.78, 5) is 4.29. The molecule has 29 heavy (non-hydrogen) atoms. The van der Waals surface area contributed by atoms with Gasteiger partial charge >= 0.3 is 0 Å². The van der Waals surface area contributed by atoms with E-state index >= 15 is 0 Å². The molecule has 150 valence electrons. The smallest absolute Gasteiger partial charge is 0.214 e. The van der Waals surface area contributed by atoms with Crippen LogP contribution < -0.4 is 14.2 Å². The van der Waals surface area contributed by atoms with Crippen LogP contribution in [0.15, 0.2) is 66.9 Å². The van der Waals surface area contributed by atoms with Gasteiger partial charge in [0.1, 0.15) is 23.7 Å². The first kappa shape index (κ1) is 20.5. The third-order valence-corrected chi connectivity index (χ3v) is 4.08. The molecule has 0 aliphatic rings. The minimum atomic E-state index is -0.198. The summed E-state index contributed by atoms with van der Waals surface area (Å²) in [6.45, 7) is 6.58. The van der Waals surface area contributed by atoms with E-state index in [1.54, 1.807) is 13.3 Å². The Hall–Kier alpha value is -3.27. The van der Waals surface area contributed by atoms with Gasteiger partial charge in [-0.25, -0.2) is 4.98 Å². The molecular weight excluding hydrogens is 362 g/mol. The van der Waals surface area contributed by atoms with Crippen LogP contribution in [0.3, 0.4) is 0 Å². The summed E-state index contributed by atoms with van der Waals surface area (Å²) in [5.74, 6) is 2.29. The number of ether oxygens (including phenoxy) is 3. The molecule has 1 aromatic heterocycles. The summed E-state index contributed by atoms with van der Waals surface area (Å²) < 4.78 is 16.8. The number of hydrogen-bond donors (Lipinski definition) is 0. The van der Waals surface area contributed by atoms with Crippen LogP contribution in [0.4, 0.5) is 0 Å². The lowest BCUT2D eigenvalue weighted by Crippen LogP contribution is -2.22. The van der Waals surface area contributed by atoms with Crippen LogP contribution in [0.2, 0.25) is 0 Å². The number of aromatic nitrogens is 1. The fraction of sp³-hybridized carbons (Fsp3) is 0.240. The fourth-order valence-corrected chi connectivity index (χ4v) is 2.68. The van der Waals surface area contributed by atoms with Crippen molar-refractivity contribution >= 4 is 12.2 Å². The Morgan fingerprint density at radius 2 is 1.48 bits per heavy atom. The first-order valence-electron chi connectivity index (χ1n) is 9.60. The maximum absolute atomic E-state index is 5.86. The lowest BCUT2D eigenvalue weighted by atomic mass is 10.1. The van der Waals surface area contributed by atoms with Crippen LogP contribution in [0.1, 0.15) is 37.5 Å². The van der Waals surface area contributed by atoms with E-state index in [9.17, 15) is 0 Å². The normalized spacial score (nSPS) is 11.4. The molecule has 0 N–H and O–H groups in total. The van der Waals surface area contributed by atoms with Crippen molar-refractivity contribution in [1.29, 1.82) is 0 Å². The van der Waals surface area contributed by atoms with Gasteiger partial charge in [0.2, 0.25) is 5.88 Å². The Labute approximate surface area is 172 Å². The molecule has 0 bridgehead atoms. The number of hydrogen-bond acceptors (Lipinski definition) is 4. The van der Waals surface area contributed by atoms with E-state index in [4.69, 9.17) is 14.2 Å². The van der Waals surface area contributed by atoms with Gasteiger partial charge in [-0.1, -0.05) is 36.4 Å². The maximum Gasteiger partial charge on any atom is 0.214 e. The van der Waals surface area contributed by atoms with Gasteiger partial charge in [-0.3, -0.25) is 0 Å². The Bertz CT molecular complexity index is 939. The SMILES string of the molecule is COc1ccc(COc2cc(C=Cc3ccc(OC(C)(C)C)cc3)ccn2)cc1. The van der Waals surface area contributed by atoms with Crippen LogP contribution in [0, 0.1) is 0 Å². The van der Waals surface area contributed by atoms with Crippen molar-refractivity contribution in [2.45, 2.75) is 33.0 Å². The Kier molecular flexibility index (Phi) is 6.55. The molecule has 0 saturated carbocycles. The average Bonchev–Trinajstić information content (AvgIpc) is 2.71. The molecule has 2 aromatic carbocycles. The van der Waals surface area contributed by atoms with E-state index in [2.05, 4.69) is 11.1 Å². The monoisotopic (exact) mass is 389 g/mol. The van der Waals surface area contributed by atoms with Crippen LogP contribution in [-0.2, 0) is 6.61 Å². The molecule has 3 aromatic rings. The van der Waals surface area contributed by atoms with Crippen molar-refractivity contribution in [2.75, 3.05) is 7.11 Å². The second kappa shape index (κ2) is 9.28. The number of nitrogens with zero attached hydrogens (tertiary/aromatic N) is 1. The van der Waals surface area contributed by atoms with Gasteiger partial charge < -0.3 is 14.2 Å². The predicted octanol–water partition coefficient (Wildman–Crippen LogP) is 6.02. The zero-order valence-electron chi connectivity index (χ0n) is 17.4. The first-order valence-corrected chi connectivity index (χ1v) is 9.60. The molecule has 1 heterocycles. The average molecular weight is 389 g/mol. The third-order valence-electron chi connectivity index (χ3n) is 4.08. The van der Waals surface area contributed by atoms with Gasteiger partial charge in [-0.15, -0.1) is 0 Å². The third kappa shape index (κ3) is 6.68. The zero-order valence-corrected chi connectivity index (χ0v) is 17.4. The highest BCUT2D eigenvalue weighted by Gasteiger charge is 2.11. The van der Waals surface area contributed by atoms with Gasteiger partial charge in [-0.05, 0) is 67.8 Å². The molecular formula is C25H27NO3. The summed E-state index contributed by atoms with van der Waals surface area (Å²) in [6.07, 6.45) is 5.86. The van der Waals surface area contributed by atoms with E-state index in [1.165, 1.54) is 0 Å². The minimum absolute atomic E-state index is 0.198. The number of pyridine rings is 1. The Balaban J connectivity index is 1.60. The number of rotatable bonds is 7. The molecule has 0 amide bonds. The van der Waals surface area contributed by atoms with Crippen molar-refractivity contribution in [3.63, 3.8) is 0 Å². The highest BCUT2D eigenvalue weighted by Crippen LogP contribution is 2.20. The lowest BCUT2D eigenvalue weighted by Gasteiger charge is -2.21. The van der Waals surface area contributed by atoms with Gasteiger partial charge in [0, 0.05) is 12.3 Å². The molecule has 0 fully saturated rings. The van der Waals surface area contributed by atoms with Crippen molar-refractivity contribution in [3.05, 3.63) is 83.6 Å². The molecule has 0 radical (unpaired) electrons. The molecule has 0 atom stereocenters. The molecule has 4 heteroatoms. The number of benzene rings is 2. The van der Waals surface area contributed by atoms with Gasteiger partial charge in [0.15, 0.2) is 0 Å². The van der Waals surface area contributed by atoms with E-state index in [0.29, 0.717) is 12.5 Å². The van der Waals surface area contributed by atoms with E-state index in [1.807, 2.05) is 87.5 Å². The number of methoxy groups -OCH3 is 1. The highest BCUT2D eigenvalue weighted by molar-refractivity contribution is 5.70. The van der Waals surface area contributed by atoms with Crippen molar-refractivity contribution in [1.82, 2.24) is 4.98 Å². The Morgan fingerprint density at radius 1 is 0.828 bits per heavy atom. The molecule has 0 saturated heterocycles. The largest absolute Gasteiger partial charge is 0.497 e. The zero-order chi connectivity index (χ0) is 20.7. The van der Waals surface area contributed by atoms with E-state index < -0.39 is 0 Å². The highest BCUT2D eigenvalue weighted by atomic mass is 16.5. The summed E-state index contributed by atoms with van der Waals surface area (Å²) in [5.41, 5.74) is 2.99. The van der Waals surface area contributed by atoms with Crippen LogP contribution in [-0.4, -0.2) is 17.7 Å². The maximum atomic E-state index is 5.86. The van der Waals surface area contributed by atoms with Gasteiger partial charge in [-0.2, -0.15) is 0 Å². The van der Waals surface area contributed by atoms with Crippen LogP contribution in [0.25, 0.3) is 12.2 Å². The standard InChI is InChI=1S/C25H27NO3/c1-25(2,3)29-23-13-7-19(8-14-23)5-6-20-15-16-26-24(17-20)28-18-21-9-11-22(27-4)12-10-21/h5-17H,18H2,1-4H3. The summed E-state index contributed by atoms with van der Waals surface area (Å²) in [6, 6.07) is 19.7. The van der Waals surface area contributed by atoms with Crippen LogP contribution in [0.5, 0.6) is 17.4 Å². The second-order valence-corrected chi connectivity index (χ2v) is 7.68. The first-order chi connectivity index (χ1) is 13.9. The minimum Gasteiger partial charge on any atom is -0.497 e. The molecule has 4 nitrogen and oxygen atoms in total. The molecule has 3 rings (SSSR count). The summed E-state index contributed by atoms with van der Waals surface area (Å²) in [7, 11) is 1.66. The topological polar surface area (TPSA) is 40.6 Å². The van der Waals surface area contributed by atoms with Crippen molar-refractivity contribution < 1.29 is 14.2 Å². The molecule has 0 unspecified atom stereocenters. The fourth-order valence-electron chi connectivity index (χ4n) is 2.68. The van der Waals surface area contributed by atoms with Crippen LogP contribution >= 0.6 is 0 Å². The van der Waals surface area contributed by atoms with Gasteiger partial charge in [0.25, 0.3) is 0 Å². The second-order valence-electron chi connectivity index (χ2n) is 7.68. The predicted molar refractivity (Wildman–Crippen MR) is 117 cm³/mol.